The number of carbonyl (C=O) groups excluding carboxylic acids is 4. The van der Waals surface area contributed by atoms with Gasteiger partial charge in [0.2, 0.25) is 30.1 Å². The number of nitrogen functional groups attached to an aromatic ring is 1. The Morgan fingerprint density at radius 1 is 0.458 bits per heavy atom. The summed E-state index contributed by atoms with van der Waals surface area (Å²) in [5.41, 5.74) is 14.3. The topological polar surface area (TPSA) is 393 Å². The molecule has 2 aliphatic heterocycles. The standard InChI is InChI=1S/C33H36N4O6S2.C32H38N4O5S2.C23H28N4O4S2.C9H10O/c1-21(2)42-31(38)35-24-13-11-23(12-14-24)30-34-19-28(44-30)27-16-15-25(18-29(27)45(40,41)36-33(3,4)5)37-20-26(43-32(37)39)17-22-9-7-6-8-10-22;1-21(2)41-31(38)35-24-13-11-23(12-14-24)30-34-20-28(42-30)27-16-15-25(18-29(27)43(39,40)36-32(3,4)5)33-19-26(37)17-22-9-7-6-8-10-22;1-14(2)31-22(28)26-17-9-6-15(7-10-17)21-25-13-19(32-21)18-11-8-16(24)12-20(18)33(29,30)27-23(3,4)5;1-2-4-8(5-3-1)6-9-7-10-9/h6-16,18-19,21,26,36H,17,20H2,1-5H3,(H,35,38);6-16,18,20-21,26,33,36-37H,17,19H2,1-5H3,(H,35,38);6-14,27H,24H2,1-5H3,(H,26,28);1-5,9H,6-7H2. The van der Waals surface area contributed by atoms with Crippen molar-refractivity contribution in [1.29, 1.82) is 0 Å². The molecular weight excluding hydrogens is 1780 g/mol. The van der Waals surface area contributed by atoms with Gasteiger partial charge >= 0.3 is 24.4 Å². The van der Waals surface area contributed by atoms with E-state index in [1.807, 2.05) is 103 Å². The first-order valence-electron chi connectivity index (χ1n) is 42.4. The summed E-state index contributed by atoms with van der Waals surface area (Å²) >= 11 is 4.07. The van der Waals surface area contributed by atoms with Gasteiger partial charge in [0.1, 0.15) is 21.1 Å². The molecule has 0 radical (unpaired) electrons. The third kappa shape index (κ3) is 30.6. The van der Waals surface area contributed by atoms with Crippen LogP contribution in [0.5, 0.6) is 0 Å². The van der Waals surface area contributed by atoms with Crippen LogP contribution in [0.25, 0.3) is 63.0 Å². The van der Waals surface area contributed by atoms with Crippen LogP contribution in [-0.2, 0) is 73.0 Å². The smallest absolute Gasteiger partial charge is 0.414 e. The molecule has 692 valence electrons. The molecule has 5 heterocycles. The fourth-order valence-corrected chi connectivity index (χ4v) is 21.3. The van der Waals surface area contributed by atoms with Gasteiger partial charge in [0.05, 0.1) is 73.0 Å². The predicted octanol–water partition coefficient (Wildman–Crippen LogP) is 20.3. The minimum atomic E-state index is -4.01. The number of ether oxygens (including phenoxy) is 5. The number of nitrogens with zero attached hydrogens (tertiary/aromatic N) is 4. The van der Waals surface area contributed by atoms with Crippen LogP contribution in [0.2, 0.25) is 0 Å². The number of aromatic nitrogens is 3. The van der Waals surface area contributed by atoms with Crippen molar-refractivity contribution in [2.75, 3.05) is 51.6 Å². The number of carbonyl (C=O) groups is 4. The summed E-state index contributed by atoms with van der Waals surface area (Å²) in [6.45, 7) is 28.2. The van der Waals surface area contributed by atoms with E-state index in [9.17, 15) is 49.5 Å². The number of amides is 4. The summed E-state index contributed by atoms with van der Waals surface area (Å²) in [6, 6.07) is 66.3. The monoisotopic (exact) mass is 1890 g/mol. The van der Waals surface area contributed by atoms with Gasteiger partial charge in [-0.2, -0.15) is 0 Å². The van der Waals surface area contributed by atoms with E-state index in [-0.39, 0.29) is 45.6 Å². The van der Waals surface area contributed by atoms with E-state index in [1.54, 1.807) is 201 Å². The molecule has 3 atom stereocenters. The third-order valence-electron chi connectivity index (χ3n) is 18.7. The SMILES string of the molecule is CC(C)OC(=O)Nc1ccc(-c2ncc(-c3ccc(N)cc3S(=O)(=O)NC(C)(C)C)s2)cc1.CC(C)OC(=O)Nc1ccc(-c2ncc(-c3ccc(N4CC(Cc5ccccc5)OC4=O)cc3S(=O)(=O)NC(C)(C)C)s2)cc1.CC(C)OC(=O)Nc1ccc(-c2ncc(-c3ccc(NCC(O)Cc4ccccc4)cc3S(=O)(=O)NC(C)(C)C)s2)cc1.c1ccc(CC2CO2)cc1. The maximum atomic E-state index is 13.8. The molecule has 2 fully saturated rings. The minimum Gasteiger partial charge on any atom is -0.447 e. The first kappa shape index (κ1) is 99.8. The second-order valence-corrected chi connectivity index (χ2v) is 43.0. The zero-order valence-electron chi connectivity index (χ0n) is 75.6. The molecular formula is C97H112N12O16S6. The fraction of sp³-hybridized carbons (Fsp3) is 0.309. The van der Waals surface area contributed by atoms with E-state index in [1.165, 1.54) is 56.6 Å². The van der Waals surface area contributed by atoms with Gasteiger partial charge in [0.25, 0.3) is 0 Å². The van der Waals surface area contributed by atoms with Crippen LogP contribution in [0.15, 0.2) is 252 Å². The molecule has 34 heteroatoms. The van der Waals surface area contributed by atoms with Crippen molar-refractivity contribution < 1.29 is 73.2 Å². The fourth-order valence-electron chi connectivity index (χ4n) is 13.2. The molecule has 9 aromatic carbocycles. The summed E-state index contributed by atoms with van der Waals surface area (Å²) < 4.78 is 115. The maximum absolute atomic E-state index is 13.8. The number of epoxide rings is 1. The summed E-state index contributed by atoms with van der Waals surface area (Å²) in [7, 11) is -11.7. The minimum absolute atomic E-state index is 0.0349. The largest absolute Gasteiger partial charge is 0.447 e. The molecule has 131 heavy (non-hydrogen) atoms. The highest BCUT2D eigenvalue weighted by Gasteiger charge is 2.36. The number of nitrogens with one attached hydrogen (secondary N) is 7. The van der Waals surface area contributed by atoms with Crippen LogP contribution in [0.1, 0.15) is 121 Å². The quantitative estimate of drug-likeness (QED) is 0.0125. The Morgan fingerprint density at radius 3 is 1.16 bits per heavy atom. The van der Waals surface area contributed by atoms with E-state index in [0.29, 0.717) is 106 Å². The van der Waals surface area contributed by atoms with Crippen molar-refractivity contribution >= 4 is 123 Å². The number of benzene rings is 9. The lowest BCUT2D eigenvalue weighted by molar-refractivity contribution is 0.129. The van der Waals surface area contributed by atoms with E-state index in [0.717, 1.165) is 40.8 Å². The third-order valence-corrected chi connectivity index (χ3v) is 27.3. The van der Waals surface area contributed by atoms with Crippen LogP contribution in [0.3, 0.4) is 0 Å². The number of hydrogen-bond donors (Lipinski definition) is 9. The van der Waals surface area contributed by atoms with Crippen LogP contribution in [0.4, 0.5) is 53.3 Å². The van der Waals surface area contributed by atoms with Crippen molar-refractivity contribution in [3.05, 3.63) is 254 Å². The Kier molecular flexibility index (Phi) is 33.5. The average molecular weight is 1890 g/mol. The number of hydrogen-bond acceptors (Lipinski definition) is 24. The summed E-state index contributed by atoms with van der Waals surface area (Å²) in [4.78, 5) is 65.8. The van der Waals surface area contributed by atoms with Crippen molar-refractivity contribution in [1.82, 2.24) is 29.1 Å². The lowest BCUT2D eigenvalue weighted by atomic mass is 10.1. The van der Waals surface area contributed by atoms with Crippen molar-refractivity contribution in [3.8, 4) is 63.0 Å². The average Bonchev–Trinajstić information content (AvgIpc) is 1.64. The first-order chi connectivity index (χ1) is 61.8. The lowest BCUT2D eigenvalue weighted by Crippen LogP contribution is -2.40. The molecule has 2 aliphatic rings. The van der Waals surface area contributed by atoms with E-state index in [4.69, 9.17) is 29.4 Å². The highest BCUT2D eigenvalue weighted by molar-refractivity contribution is 7.90. The Labute approximate surface area is 778 Å². The molecule has 12 aromatic rings. The molecule has 10 N–H and O–H groups in total. The van der Waals surface area contributed by atoms with E-state index < -0.39 is 77.2 Å². The van der Waals surface area contributed by atoms with Gasteiger partial charge < -0.3 is 39.8 Å². The van der Waals surface area contributed by atoms with Crippen molar-refractivity contribution in [3.63, 3.8) is 0 Å². The van der Waals surface area contributed by atoms with E-state index in [2.05, 4.69) is 74.7 Å². The summed E-state index contributed by atoms with van der Waals surface area (Å²) in [5, 5.41) is 23.9. The molecule has 4 amide bonds. The second-order valence-electron chi connectivity index (χ2n) is 34.9. The van der Waals surface area contributed by atoms with Gasteiger partial charge in [-0.15, -0.1) is 34.0 Å². The molecule has 28 nitrogen and oxygen atoms in total. The molecule has 0 aliphatic carbocycles. The zero-order valence-corrected chi connectivity index (χ0v) is 80.5. The van der Waals surface area contributed by atoms with Gasteiger partial charge in [0, 0.05) is 129 Å². The molecule has 0 saturated carbocycles. The van der Waals surface area contributed by atoms with Crippen LogP contribution in [-0.4, -0.2) is 143 Å². The molecule has 3 aromatic heterocycles. The van der Waals surface area contributed by atoms with E-state index >= 15 is 0 Å². The number of cyclic esters (lactones) is 1. The Morgan fingerprint density at radius 2 is 0.794 bits per heavy atom. The van der Waals surface area contributed by atoms with Crippen LogP contribution >= 0.6 is 34.0 Å². The zero-order chi connectivity index (χ0) is 94.8. The lowest BCUT2D eigenvalue weighted by Gasteiger charge is -2.22. The Bertz CT molecular complexity index is 6240. The second kappa shape index (κ2) is 44.0. The van der Waals surface area contributed by atoms with Gasteiger partial charge in [-0.25, -0.2) is 73.5 Å². The Hall–Kier alpha value is -11.8. The number of aliphatic hydroxyl groups is 1. The van der Waals surface area contributed by atoms with Crippen molar-refractivity contribution in [2.24, 2.45) is 0 Å². The van der Waals surface area contributed by atoms with Crippen molar-refractivity contribution in [2.45, 2.75) is 191 Å². The van der Waals surface area contributed by atoms with Crippen LogP contribution in [0, 0.1) is 0 Å². The highest BCUT2D eigenvalue weighted by atomic mass is 32.2. The van der Waals surface area contributed by atoms with Gasteiger partial charge in [-0.3, -0.25) is 20.9 Å². The number of nitrogens with two attached hydrogens (primary N) is 1. The number of aliphatic hydroxyl groups excluding tert-OH is 1. The predicted molar refractivity (Wildman–Crippen MR) is 522 cm³/mol. The number of sulfonamides is 3. The molecule has 0 spiro atoms. The molecule has 3 unspecified atom stereocenters. The number of anilines is 6. The number of rotatable bonds is 28. The molecule has 0 bridgehead atoms. The summed E-state index contributed by atoms with van der Waals surface area (Å²) in [6.07, 6.45) is 3.79. The Balaban J connectivity index is 0.000000181. The molecule has 2 saturated heterocycles. The van der Waals surface area contributed by atoms with Crippen LogP contribution < -0.4 is 46.1 Å². The molecule has 14 rings (SSSR count). The summed E-state index contributed by atoms with van der Waals surface area (Å²) in [5.74, 6) is 0. The number of thiazole rings is 3. The van der Waals surface area contributed by atoms with Gasteiger partial charge in [-0.05, 0) is 230 Å². The normalized spacial score (nSPS) is 14.2. The van der Waals surface area contributed by atoms with Gasteiger partial charge in [-0.1, -0.05) is 109 Å². The maximum Gasteiger partial charge on any atom is 0.414 e. The highest BCUT2D eigenvalue weighted by Crippen LogP contribution is 2.42. The first-order valence-corrected chi connectivity index (χ1v) is 49.3. The van der Waals surface area contributed by atoms with Gasteiger partial charge in [0.15, 0.2) is 0 Å².